The number of unbranched alkanes of at least 4 members (excludes halogenated alkanes) is 1. The largest absolute Gasteiger partial charge is 0.466 e. The molecule has 2 aliphatic rings. The lowest BCUT2D eigenvalue weighted by Gasteiger charge is -2.19. The number of ether oxygens (including phenoxy) is 1. The number of allylic oxidation sites excluding steroid dienone is 2. The summed E-state index contributed by atoms with van der Waals surface area (Å²) in [6.45, 7) is 6.08. The Bertz CT molecular complexity index is 624. The summed E-state index contributed by atoms with van der Waals surface area (Å²) in [5, 5.41) is 20.8. The highest BCUT2D eigenvalue weighted by atomic mass is 16.5. The molecule has 0 spiro atoms. The monoisotopic (exact) mass is 388 g/mol. The van der Waals surface area contributed by atoms with Crippen molar-refractivity contribution in [3.05, 3.63) is 23.8 Å². The van der Waals surface area contributed by atoms with Gasteiger partial charge in [0, 0.05) is 18.8 Å². The quantitative estimate of drug-likeness (QED) is 0.271. The molecule has 0 aromatic carbocycles. The second-order valence-corrected chi connectivity index (χ2v) is 8.26. The highest BCUT2D eigenvalue weighted by molar-refractivity contribution is 5.69. The number of hydrogen-bond donors (Lipinski definition) is 2. The fraction of sp³-hybridized carbons (Fsp3) is 0.708. The Morgan fingerprint density at radius 3 is 2.89 bits per heavy atom. The molecule has 4 heteroatoms. The number of rotatable bonds is 9. The number of fused-ring (bicyclic) bond motifs is 1. The van der Waals surface area contributed by atoms with Crippen molar-refractivity contribution in [1.82, 2.24) is 0 Å². The van der Waals surface area contributed by atoms with Gasteiger partial charge in [-0.15, -0.1) is 11.8 Å². The summed E-state index contributed by atoms with van der Waals surface area (Å²) in [5.41, 5.74) is 1.45. The van der Waals surface area contributed by atoms with Crippen molar-refractivity contribution >= 4 is 5.97 Å². The van der Waals surface area contributed by atoms with E-state index >= 15 is 0 Å². The summed E-state index contributed by atoms with van der Waals surface area (Å²) < 4.78 is 4.96. The van der Waals surface area contributed by atoms with Crippen LogP contribution in [-0.2, 0) is 9.53 Å². The van der Waals surface area contributed by atoms with Crippen LogP contribution in [0.3, 0.4) is 0 Å². The first-order valence-corrected chi connectivity index (χ1v) is 10.7. The van der Waals surface area contributed by atoms with Crippen LogP contribution >= 0.6 is 0 Å². The Kier molecular flexibility index (Phi) is 9.28. The van der Waals surface area contributed by atoms with Gasteiger partial charge < -0.3 is 14.9 Å². The lowest BCUT2D eigenvalue weighted by Crippen LogP contribution is -2.19. The molecule has 0 heterocycles. The molecule has 6 atom stereocenters. The van der Waals surface area contributed by atoms with Gasteiger partial charge in [-0.25, -0.2) is 0 Å². The van der Waals surface area contributed by atoms with E-state index in [9.17, 15) is 15.0 Å². The molecule has 1 unspecified atom stereocenters. The standard InChI is InChI=1S/C24H36O4/c1-4-6-9-17(3)22(25)13-12-20-21-15-18(14-19(21)16-23(20)26)10-7-8-11-24(27)28-5-2/h10,12-13,17,19-23,25-26H,5,7-9,11,14-16H2,1-3H3/t17?,19-,20-,21-,22+,23+/m0/s1. The van der Waals surface area contributed by atoms with E-state index in [4.69, 9.17) is 4.74 Å². The third kappa shape index (κ3) is 6.50. The molecule has 2 fully saturated rings. The van der Waals surface area contributed by atoms with E-state index in [1.807, 2.05) is 32.9 Å². The minimum Gasteiger partial charge on any atom is -0.466 e. The molecule has 0 aromatic heterocycles. The van der Waals surface area contributed by atoms with Crippen molar-refractivity contribution in [3.8, 4) is 11.8 Å². The molecule has 2 N–H and O–H groups in total. The molecule has 0 aromatic rings. The summed E-state index contributed by atoms with van der Waals surface area (Å²) in [4.78, 5) is 11.4. The van der Waals surface area contributed by atoms with Crippen LogP contribution in [0.15, 0.2) is 23.8 Å². The lowest BCUT2D eigenvalue weighted by atomic mass is 9.89. The smallest absolute Gasteiger partial charge is 0.305 e. The van der Waals surface area contributed by atoms with E-state index in [0.29, 0.717) is 31.3 Å². The van der Waals surface area contributed by atoms with Gasteiger partial charge in [0.15, 0.2) is 0 Å². The topological polar surface area (TPSA) is 66.8 Å². The third-order valence-electron chi connectivity index (χ3n) is 6.15. The van der Waals surface area contributed by atoms with Gasteiger partial charge in [-0.05, 0) is 63.7 Å². The molecule has 28 heavy (non-hydrogen) atoms. The minimum atomic E-state index is -0.522. The van der Waals surface area contributed by atoms with E-state index in [-0.39, 0.29) is 23.9 Å². The van der Waals surface area contributed by atoms with E-state index in [0.717, 1.165) is 32.1 Å². The van der Waals surface area contributed by atoms with Crippen LogP contribution in [0.1, 0.15) is 65.7 Å². The second kappa shape index (κ2) is 11.4. The van der Waals surface area contributed by atoms with E-state index < -0.39 is 6.10 Å². The molecule has 0 aliphatic heterocycles. The predicted octanol–water partition coefficient (Wildman–Crippen LogP) is 4.02. The molecule has 2 saturated carbocycles. The van der Waals surface area contributed by atoms with Crippen LogP contribution in [0, 0.1) is 35.5 Å². The van der Waals surface area contributed by atoms with E-state index in [2.05, 4.69) is 17.9 Å². The molecule has 0 saturated heterocycles. The van der Waals surface area contributed by atoms with Crippen LogP contribution < -0.4 is 0 Å². The number of carbonyl (C=O) groups excluding carboxylic acids is 1. The van der Waals surface area contributed by atoms with E-state index in [1.165, 1.54) is 5.57 Å². The molecule has 4 nitrogen and oxygen atoms in total. The number of aliphatic hydroxyl groups excluding tert-OH is 2. The normalized spacial score (nSPS) is 30.1. The Hall–Kier alpha value is -1.57. The summed E-state index contributed by atoms with van der Waals surface area (Å²) in [5.74, 6) is 6.97. The average molecular weight is 389 g/mol. The zero-order valence-electron chi connectivity index (χ0n) is 17.6. The first kappa shape index (κ1) is 22.7. The Balaban J connectivity index is 1.85. The van der Waals surface area contributed by atoms with Gasteiger partial charge in [-0.2, -0.15) is 0 Å². The lowest BCUT2D eigenvalue weighted by molar-refractivity contribution is -0.143. The van der Waals surface area contributed by atoms with Crippen molar-refractivity contribution in [2.24, 2.45) is 23.7 Å². The third-order valence-corrected chi connectivity index (χ3v) is 6.15. The van der Waals surface area contributed by atoms with Crippen molar-refractivity contribution in [2.75, 3.05) is 6.61 Å². The van der Waals surface area contributed by atoms with Crippen LogP contribution in [0.25, 0.3) is 0 Å². The van der Waals surface area contributed by atoms with Gasteiger partial charge in [-0.1, -0.05) is 30.7 Å². The van der Waals surface area contributed by atoms with Crippen molar-refractivity contribution in [2.45, 2.75) is 77.9 Å². The number of esters is 1. The SMILES string of the molecule is CC#CCC(C)[C@H](O)C=C[C@H]1[C@H]2CC(=CCCCC(=O)OCC)C[C@H]2C[C@H]1O. The molecule has 2 aliphatic carbocycles. The Morgan fingerprint density at radius 1 is 1.39 bits per heavy atom. The fourth-order valence-electron chi connectivity index (χ4n) is 4.54. The van der Waals surface area contributed by atoms with Gasteiger partial charge in [-0.3, -0.25) is 4.79 Å². The Labute approximate surface area is 170 Å². The highest BCUT2D eigenvalue weighted by Gasteiger charge is 2.44. The summed E-state index contributed by atoms with van der Waals surface area (Å²) in [6.07, 6.45) is 11.2. The molecular formula is C24H36O4. The summed E-state index contributed by atoms with van der Waals surface area (Å²) in [6, 6.07) is 0. The van der Waals surface area contributed by atoms with Crippen LogP contribution in [0.4, 0.5) is 0 Å². The van der Waals surface area contributed by atoms with E-state index in [1.54, 1.807) is 0 Å². The van der Waals surface area contributed by atoms with Crippen molar-refractivity contribution in [3.63, 3.8) is 0 Å². The molecule has 0 amide bonds. The van der Waals surface area contributed by atoms with Crippen LogP contribution in [-0.4, -0.2) is 35.0 Å². The van der Waals surface area contributed by atoms with Crippen molar-refractivity contribution < 1.29 is 19.7 Å². The first-order chi connectivity index (χ1) is 13.5. The molecular weight excluding hydrogens is 352 g/mol. The summed E-state index contributed by atoms with van der Waals surface area (Å²) in [7, 11) is 0. The van der Waals surface area contributed by atoms with Gasteiger partial charge in [0.25, 0.3) is 0 Å². The van der Waals surface area contributed by atoms with Crippen molar-refractivity contribution in [1.29, 1.82) is 0 Å². The number of hydrogen-bond acceptors (Lipinski definition) is 4. The molecule has 156 valence electrons. The molecule has 0 radical (unpaired) electrons. The zero-order chi connectivity index (χ0) is 20.5. The Morgan fingerprint density at radius 2 is 2.18 bits per heavy atom. The zero-order valence-corrected chi connectivity index (χ0v) is 17.6. The predicted molar refractivity (Wildman–Crippen MR) is 111 cm³/mol. The second-order valence-electron chi connectivity index (χ2n) is 8.26. The fourth-order valence-corrected chi connectivity index (χ4v) is 4.54. The average Bonchev–Trinajstić information content (AvgIpc) is 3.18. The highest BCUT2D eigenvalue weighted by Crippen LogP contribution is 2.50. The van der Waals surface area contributed by atoms with Gasteiger partial charge in [0.1, 0.15) is 0 Å². The van der Waals surface area contributed by atoms with Gasteiger partial charge in [0.2, 0.25) is 0 Å². The summed E-state index contributed by atoms with van der Waals surface area (Å²) >= 11 is 0. The number of carbonyl (C=O) groups is 1. The first-order valence-electron chi connectivity index (χ1n) is 10.7. The maximum atomic E-state index is 11.4. The molecule has 2 rings (SSSR count). The maximum Gasteiger partial charge on any atom is 0.305 e. The maximum absolute atomic E-state index is 11.4. The van der Waals surface area contributed by atoms with Gasteiger partial charge >= 0.3 is 5.97 Å². The minimum absolute atomic E-state index is 0.0940. The van der Waals surface area contributed by atoms with Crippen LogP contribution in [0.2, 0.25) is 0 Å². The molecule has 0 bridgehead atoms. The van der Waals surface area contributed by atoms with Gasteiger partial charge in [0.05, 0.1) is 18.8 Å². The van der Waals surface area contributed by atoms with Crippen LogP contribution in [0.5, 0.6) is 0 Å². The number of aliphatic hydroxyl groups is 2.